The first-order valence-corrected chi connectivity index (χ1v) is 5.49. The van der Waals surface area contributed by atoms with Gasteiger partial charge in [-0.3, -0.25) is 0 Å². The Morgan fingerprint density at radius 1 is 1.19 bits per heavy atom. The molecule has 16 heavy (non-hydrogen) atoms. The van der Waals surface area contributed by atoms with Gasteiger partial charge in [0.1, 0.15) is 16.1 Å². The Morgan fingerprint density at radius 3 is 2.69 bits per heavy atom. The van der Waals surface area contributed by atoms with E-state index in [4.69, 9.17) is 16.9 Å². The first-order valence-electron chi connectivity index (χ1n) is 4.30. The van der Waals surface area contributed by atoms with Crippen LogP contribution in [0.2, 0.25) is 5.02 Å². The summed E-state index contributed by atoms with van der Waals surface area (Å²) in [5, 5.41) is 10.7. The second kappa shape index (κ2) is 4.92. The standard InChI is InChI=1S/C10H5ClN4S/c11-7-1-2-9(15-6-7)16-10-8(5-12)13-3-4-14-10/h1-4,6H. The Labute approximate surface area is 101 Å². The van der Waals surface area contributed by atoms with Crippen molar-refractivity contribution in [1.29, 1.82) is 5.26 Å². The molecule has 2 heterocycles. The van der Waals surface area contributed by atoms with E-state index in [2.05, 4.69) is 15.0 Å². The van der Waals surface area contributed by atoms with E-state index in [9.17, 15) is 0 Å². The SMILES string of the molecule is N#Cc1nccnc1Sc1ccc(Cl)cn1. The molecular formula is C10H5ClN4S. The van der Waals surface area contributed by atoms with Crippen LogP contribution in [-0.2, 0) is 0 Å². The van der Waals surface area contributed by atoms with Gasteiger partial charge in [0, 0.05) is 18.6 Å². The van der Waals surface area contributed by atoms with Crippen LogP contribution in [0, 0.1) is 11.3 Å². The molecule has 0 bridgehead atoms. The van der Waals surface area contributed by atoms with Crippen molar-refractivity contribution < 1.29 is 0 Å². The largest absolute Gasteiger partial charge is 0.248 e. The lowest BCUT2D eigenvalue weighted by Gasteiger charge is -2.00. The molecule has 0 aliphatic carbocycles. The van der Waals surface area contributed by atoms with Gasteiger partial charge in [0.05, 0.1) is 5.02 Å². The summed E-state index contributed by atoms with van der Waals surface area (Å²) < 4.78 is 0. The molecule has 4 nitrogen and oxygen atoms in total. The van der Waals surface area contributed by atoms with E-state index < -0.39 is 0 Å². The Hall–Kier alpha value is -1.64. The van der Waals surface area contributed by atoms with E-state index in [1.54, 1.807) is 24.5 Å². The van der Waals surface area contributed by atoms with Crippen LogP contribution in [0.3, 0.4) is 0 Å². The summed E-state index contributed by atoms with van der Waals surface area (Å²) in [5.41, 5.74) is 0.296. The fourth-order valence-electron chi connectivity index (χ4n) is 0.998. The smallest absolute Gasteiger partial charge is 0.173 e. The van der Waals surface area contributed by atoms with Crippen molar-refractivity contribution in [3.63, 3.8) is 0 Å². The maximum Gasteiger partial charge on any atom is 0.173 e. The molecule has 2 aromatic heterocycles. The van der Waals surface area contributed by atoms with Crippen LogP contribution in [0.5, 0.6) is 0 Å². The summed E-state index contributed by atoms with van der Waals surface area (Å²) in [6, 6.07) is 5.48. The van der Waals surface area contributed by atoms with E-state index in [1.165, 1.54) is 18.0 Å². The Morgan fingerprint density at radius 2 is 2.00 bits per heavy atom. The Balaban J connectivity index is 2.27. The minimum atomic E-state index is 0.296. The van der Waals surface area contributed by atoms with Gasteiger partial charge in [0.2, 0.25) is 0 Å². The average Bonchev–Trinajstić information content (AvgIpc) is 2.33. The second-order valence-corrected chi connectivity index (χ2v) is 4.18. The number of nitrogens with zero attached hydrogens (tertiary/aromatic N) is 4. The molecule has 0 saturated carbocycles. The van der Waals surface area contributed by atoms with Crippen LogP contribution in [0.15, 0.2) is 40.8 Å². The Bertz CT molecular complexity index is 535. The molecule has 0 aliphatic heterocycles. The average molecular weight is 249 g/mol. The number of aromatic nitrogens is 3. The van der Waals surface area contributed by atoms with Crippen molar-refractivity contribution >= 4 is 23.4 Å². The minimum absolute atomic E-state index is 0.296. The number of nitriles is 1. The topological polar surface area (TPSA) is 62.5 Å². The van der Waals surface area contributed by atoms with Gasteiger partial charge in [-0.15, -0.1) is 0 Å². The number of hydrogen-bond donors (Lipinski definition) is 0. The van der Waals surface area contributed by atoms with E-state index in [0.717, 1.165) is 5.03 Å². The quantitative estimate of drug-likeness (QED) is 0.817. The molecular weight excluding hydrogens is 244 g/mol. The zero-order chi connectivity index (χ0) is 11.4. The summed E-state index contributed by atoms with van der Waals surface area (Å²) in [6.45, 7) is 0. The molecule has 6 heteroatoms. The van der Waals surface area contributed by atoms with Crippen LogP contribution >= 0.6 is 23.4 Å². The van der Waals surface area contributed by atoms with Gasteiger partial charge in [-0.2, -0.15) is 5.26 Å². The molecule has 0 radical (unpaired) electrons. The van der Waals surface area contributed by atoms with Crippen molar-refractivity contribution in [3.05, 3.63) is 41.4 Å². The fourth-order valence-corrected chi connectivity index (χ4v) is 1.86. The molecule has 0 atom stereocenters. The predicted octanol–water partition coefficient (Wildman–Crippen LogP) is 2.55. The van der Waals surface area contributed by atoms with Crippen LogP contribution in [0.1, 0.15) is 5.69 Å². The van der Waals surface area contributed by atoms with Gasteiger partial charge in [0.25, 0.3) is 0 Å². The Kier molecular flexibility index (Phi) is 3.34. The van der Waals surface area contributed by atoms with E-state index >= 15 is 0 Å². The number of pyridine rings is 1. The molecule has 0 aromatic carbocycles. The highest BCUT2D eigenvalue weighted by Crippen LogP contribution is 2.26. The lowest BCUT2D eigenvalue weighted by molar-refractivity contribution is 1.02. The van der Waals surface area contributed by atoms with Crippen molar-refractivity contribution in [2.24, 2.45) is 0 Å². The molecule has 0 N–H and O–H groups in total. The second-order valence-electron chi connectivity index (χ2n) is 2.74. The van der Waals surface area contributed by atoms with Crippen LogP contribution in [0.4, 0.5) is 0 Å². The molecule has 78 valence electrons. The predicted molar refractivity (Wildman–Crippen MR) is 60.1 cm³/mol. The number of hydrogen-bond acceptors (Lipinski definition) is 5. The lowest BCUT2D eigenvalue weighted by atomic mass is 10.5. The zero-order valence-corrected chi connectivity index (χ0v) is 9.53. The van der Waals surface area contributed by atoms with Crippen LogP contribution in [0.25, 0.3) is 0 Å². The third-order valence-corrected chi connectivity index (χ3v) is 2.84. The normalized spacial score (nSPS) is 9.75. The van der Waals surface area contributed by atoms with Gasteiger partial charge in [-0.1, -0.05) is 11.6 Å². The van der Waals surface area contributed by atoms with Gasteiger partial charge in [0.15, 0.2) is 5.69 Å². The highest BCUT2D eigenvalue weighted by molar-refractivity contribution is 7.99. The maximum absolute atomic E-state index is 8.83. The lowest BCUT2D eigenvalue weighted by Crippen LogP contribution is -1.90. The zero-order valence-electron chi connectivity index (χ0n) is 7.96. The van der Waals surface area contributed by atoms with Gasteiger partial charge >= 0.3 is 0 Å². The molecule has 0 unspecified atom stereocenters. The third-order valence-electron chi connectivity index (χ3n) is 1.67. The van der Waals surface area contributed by atoms with Gasteiger partial charge in [-0.25, -0.2) is 15.0 Å². The first kappa shape index (κ1) is 10.9. The third kappa shape index (κ3) is 2.48. The fraction of sp³-hybridized carbons (Fsp3) is 0. The summed E-state index contributed by atoms with van der Waals surface area (Å²) in [5.74, 6) is 0. The van der Waals surface area contributed by atoms with E-state index in [1.807, 2.05) is 6.07 Å². The van der Waals surface area contributed by atoms with Gasteiger partial charge < -0.3 is 0 Å². The van der Waals surface area contributed by atoms with Crippen LogP contribution in [-0.4, -0.2) is 15.0 Å². The van der Waals surface area contributed by atoms with Gasteiger partial charge in [-0.05, 0) is 23.9 Å². The van der Waals surface area contributed by atoms with Crippen molar-refractivity contribution in [3.8, 4) is 6.07 Å². The molecule has 0 spiro atoms. The summed E-state index contributed by atoms with van der Waals surface area (Å²) in [7, 11) is 0. The van der Waals surface area contributed by atoms with Crippen molar-refractivity contribution in [1.82, 2.24) is 15.0 Å². The van der Waals surface area contributed by atoms with E-state index in [0.29, 0.717) is 15.7 Å². The van der Waals surface area contributed by atoms with Crippen molar-refractivity contribution in [2.75, 3.05) is 0 Å². The minimum Gasteiger partial charge on any atom is -0.248 e. The summed E-state index contributed by atoms with van der Waals surface area (Å²) in [6.07, 6.45) is 4.57. The highest BCUT2D eigenvalue weighted by atomic mass is 35.5. The summed E-state index contributed by atoms with van der Waals surface area (Å²) >= 11 is 7.00. The van der Waals surface area contributed by atoms with Crippen molar-refractivity contribution in [2.45, 2.75) is 10.1 Å². The van der Waals surface area contributed by atoms with Crippen LogP contribution < -0.4 is 0 Å². The van der Waals surface area contributed by atoms with E-state index in [-0.39, 0.29) is 0 Å². The molecule has 0 fully saturated rings. The first-order chi connectivity index (χ1) is 7.79. The molecule has 0 saturated heterocycles. The molecule has 2 rings (SSSR count). The number of halogens is 1. The maximum atomic E-state index is 8.83. The molecule has 0 amide bonds. The summed E-state index contributed by atoms with van der Waals surface area (Å²) in [4.78, 5) is 12.1. The monoisotopic (exact) mass is 248 g/mol. The molecule has 2 aromatic rings. The number of rotatable bonds is 2. The highest BCUT2D eigenvalue weighted by Gasteiger charge is 2.06. The molecule has 0 aliphatic rings.